The van der Waals surface area contributed by atoms with Crippen molar-refractivity contribution in [3.63, 3.8) is 0 Å². The van der Waals surface area contributed by atoms with Gasteiger partial charge in [-0.2, -0.15) is 0 Å². The quantitative estimate of drug-likeness (QED) is 0.558. The second-order valence-corrected chi connectivity index (χ2v) is 7.52. The van der Waals surface area contributed by atoms with Gasteiger partial charge in [0, 0.05) is 34.4 Å². The lowest BCUT2D eigenvalue weighted by Crippen LogP contribution is -2.13. The highest BCUT2D eigenvalue weighted by molar-refractivity contribution is 7.93. The number of nitrogens with zero attached hydrogens (tertiary/aromatic N) is 3. The predicted octanol–water partition coefficient (Wildman–Crippen LogP) is 3.34. The fourth-order valence-electron chi connectivity index (χ4n) is 2.50. The van der Waals surface area contributed by atoms with E-state index in [4.69, 9.17) is 11.6 Å². The molecule has 3 aromatic heterocycles. The van der Waals surface area contributed by atoms with E-state index < -0.39 is 15.8 Å². The first-order chi connectivity index (χ1) is 12.4. The summed E-state index contributed by atoms with van der Waals surface area (Å²) in [5.74, 6) is -0.000653. The van der Waals surface area contributed by atoms with Crippen LogP contribution in [0, 0.1) is 5.82 Å². The highest BCUT2D eigenvalue weighted by Crippen LogP contribution is 2.26. The third-order valence-electron chi connectivity index (χ3n) is 3.67. The van der Waals surface area contributed by atoms with Crippen LogP contribution in [0.4, 0.5) is 10.2 Å². The highest BCUT2D eigenvalue weighted by Gasteiger charge is 2.20. The van der Waals surface area contributed by atoms with Crippen LogP contribution < -0.4 is 4.72 Å². The molecule has 0 spiro atoms. The Bertz CT molecular complexity index is 1200. The fraction of sp³-hybridized carbons (Fsp3) is 0. The molecular formula is C16H11ClFN5O2S. The zero-order valence-electron chi connectivity index (χ0n) is 13.0. The van der Waals surface area contributed by atoms with Crippen LogP contribution in [0.25, 0.3) is 16.7 Å². The van der Waals surface area contributed by atoms with Crippen molar-refractivity contribution in [1.29, 1.82) is 0 Å². The highest BCUT2D eigenvalue weighted by atomic mass is 35.5. The second-order valence-electron chi connectivity index (χ2n) is 5.43. The van der Waals surface area contributed by atoms with Crippen LogP contribution in [-0.4, -0.2) is 28.2 Å². The van der Waals surface area contributed by atoms with Crippen molar-refractivity contribution in [1.82, 2.24) is 19.7 Å². The molecule has 0 fully saturated rings. The summed E-state index contributed by atoms with van der Waals surface area (Å²) in [4.78, 5) is 6.85. The van der Waals surface area contributed by atoms with Crippen molar-refractivity contribution in [2.75, 3.05) is 4.72 Å². The van der Waals surface area contributed by atoms with Crippen LogP contribution >= 0.6 is 11.6 Å². The number of pyridine rings is 1. The van der Waals surface area contributed by atoms with Gasteiger partial charge in [-0.1, -0.05) is 11.6 Å². The number of anilines is 1. The lowest BCUT2D eigenvalue weighted by Gasteiger charge is -2.04. The minimum absolute atomic E-state index is 0.0821. The molecule has 0 atom stereocenters. The largest absolute Gasteiger partial charge is 0.360 e. The summed E-state index contributed by atoms with van der Waals surface area (Å²) >= 11 is 5.92. The van der Waals surface area contributed by atoms with Gasteiger partial charge in [0.1, 0.15) is 10.7 Å². The van der Waals surface area contributed by atoms with Gasteiger partial charge >= 0.3 is 0 Å². The van der Waals surface area contributed by atoms with Gasteiger partial charge in [-0.3, -0.25) is 4.72 Å². The first-order valence-electron chi connectivity index (χ1n) is 7.39. The molecule has 0 saturated heterocycles. The van der Waals surface area contributed by atoms with Gasteiger partial charge in [0.25, 0.3) is 10.0 Å². The molecule has 26 heavy (non-hydrogen) atoms. The maximum Gasteiger partial charge on any atom is 0.265 e. The average molecular weight is 392 g/mol. The Labute approximate surface area is 152 Å². The maximum absolute atomic E-state index is 12.9. The average Bonchev–Trinajstić information content (AvgIpc) is 3.22. The predicted molar refractivity (Wildman–Crippen MR) is 95.4 cm³/mol. The molecule has 0 amide bonds. The second kappa shape index (κ2) is 6.11. The number of halogens is 2. The van der Waals surface area contributed by atoms with Crippen LogP contribution in [0.5, 0.6) is 0 Å². The van der Waals surface area contributed by atoms with Gasteiger partial charge in [-0.05, 0) is 30.3 Å². The number of benzene rings is 1. The van der Waals surface area contributed by atoms with Crippen molar-refractivity contribution in [3.8, 4) is 5.82 Å². The summed E-state index contributed by atoms with van der Waals surface area (Å²) in [6, 6.07) is 9.05. The van der Waals surface area contributed by atoms with E-state index in [9.17, 15) is 12.8 Å². The van der Waals surface area contributed by atoms with E-state index in [1.807, 2.05) is 0 Å². The topological polar surface area (TPSA) is 92.7 Å². The van der Waals surface area contributed by atoms with Crippen LogP contribution in [0.1, 0.15) is 0 Å². The van der Waals surface area contributed by atoms with E-state index >= 15 is 0 Å². The fourth-order valence-corrected chi connectivity index (χ4v) is 3.84. The Kier molecular flexibility index (Phi) is 3.89. The summed E-state index contributed by atoms with van der Waals surface area (Å²) in [5.41, 5.74) is 0.610. The smallest absolute Gasteiger partial charge is 0.265 e. The van der Waals surface area contributed by atoms with Gasteiger partial charge in [-0.15, -0.1) is 5.10 Å². The standard InChI is InChI=1S/C16H11ClFN5O2S/c17-10-1-3-12-13(7-10)19-9-14(12)26(24,25)22-15-5-6-23(21-15)16-4-2-11(18)8-20-16/h1-9,19H,(H,21,22). The van der Waals surface area contributed by atoms with Crippen LogP contribution in [0.2, 0.25) is 5.02 Å². The van der Waals surface area contributed by atoms with Crippen LogP contribution in [0.3, 0.4) is 0 Å². The summed E-state index contributed by atoms with van der Waals surface area (Å²) in [6.45, 7) is 0. The van der Waals surface area contributed by atoms with Crippen molar-refractivity contribution in [2.45, 2.75) is 4.90 Å². The van der Waals surface area contributed by atoms with E-state index in [1.165, 1.54) is 35.3 Å². The molecule has 132 valence electrons. The molecule has 0 radical (unpaired) electrons. The summed E-state index contributed by atoms with van der Waals surface area (Å²) in [6.07, 6.45) is 3.97. The summed E-state index contributed by atoms with van der Waals surface area (Å²) in [5, 5.41) is 5.13. The maximum atomic E-state index is 12.9. The van der Waals surface area contributed by atoms with Crippen LogP contribution in [-0.2, 0) is 10.0 Å². The van der Waals surface area contributed by atoms with Gasteiger partial charge < -0.3 is 4.98 Å². The van der Waals surface area contributed by atoms with Crippen molar-refractivity contribution in [2.24, 2.45) is 0 Å². The van der Waals surface area contributed by atoms with Gasteiger partial charge in [0.2, 0.25) is 0 Å². The SMILES string of the molecule is O=S(=O)(Nc1ccn(-c2ccc(F)cn2)n1)c1c[nH]c2cc(Cl)ccc12. The van der Waals surface area contributed by atoms with Crippen molar-refractivity contribution in [3.05, 3.63) is 65.8 Å². The van der Waals surface area contributed by atoms with Crippen LogP contribution in [0.15, 0.2) is 59.9 Å². The molecule has 0 aliphatic carbocycles. The molecule has 0 aliphatic heterocycles. The number of fused-ring (bicyclic) bond motifs is 1. The number of nitrogens with one attached hydrogen (secondary N) is 2. The zero-order valence-corrected chi connectivity index (χ0v) is 14.6. The zero-order chi connectivity index (χ0) is 18.3. The summed E-state index contributed by atoms with van der Waals surface area (Å²) < 4.78 is 42.0. The molecule has 3 heterocycles. The third kappa shape index (κ3) is 3.02. The van der Waals surface area contributed by atoms with Gasteiger partial charge in [-0.25, -0.2) is 22.5 Å². The number of aromatic nitrogens is 4. The number of rotatable bonds is 4. The van der Waals surface area contributed by atoms with E-state index in [-0.39, 0.29) is 10.7 Å². The number of aromatic amines is 1. The van der Waals surface area contributed by atoms with E-state index in [1.54, 1.807) is 18.2 Å². The Morgan fingerprint density at radius 1 is 1.19 bits per heavy atom. The van der Waals surface area contributed by atoms with Crippen molar-refractivity contribution < 1.29 is 12.8 Å². The third-order valence-corrected chi connectivity index (χ3v) is 5.30. The van der Waals surface area contributed by atoms with Gasteiger partial charge in [0.15, 0.2) is 11.6 Å². The number of hydrogen-bond acceptors (Lipinski definition) is 4. The number of sulfonamides is 1. The first kappa shape index (κ1) is 16.6. The molecule has 10 heteroatoms. The molecule has 0 bridgehead atoms. The molecule has 1 aromatic carbocycles. The molecular weight excluding hydrogens is 381 g/mol. The van der Waals surface area contributed by atoms with E-state index in [2.05, 4.69) is 19.8 Å². The molecule has 2 N–H and O–H groups in total. The molecule has 0 aliphatic rings. The van der Waals surface area contributed by atoms with E-state index in [0.717, 1.165) is 6.20 Å². The minimum atomic E-state index is -3.87. The van der Waals surface area contributed by atoms with E-state index in [0.29, 0.717) is 21.7 Å². The summed E-state index contributed by atoms with van der Waals surface area (Å²) in [7, 11) is -3.87. The first-order valence-corrected chi connectivity index (χ1v) is 9.25. The Morgan fingerprint density at radius 2 is 2.04 bits per heavy atom. The van der Waals surface area contributed by atoms with Gasteiger partial charge in [0.05, 0.1) is 6.20 Å². The molecule has 0 unspecified atom stereocenters. The normalized spacial score (nSPS) is 11.8. The Balaban J connectivity index is 1.64. The Morgan fingerprint density at radius 3 is 2.81 bits per heavy atom. The Hall–Kier alpha value is -2.91. The lowest BCUT2D eigenvalue weighted by atomic mass is 10.2. The molecule has 0 saturated carbocycles. The molecule has 4 rings (SSSR count). The lowest BCUT2D eigenvalue weighted by molar-refractivity contribution is 0.601. The van der Waals surface area contributed by atoms with Crippen molar-refractivity contribution >= 4 is 38.3 Å². The monoisotopic (exact) mass is 391 g/mol. The molecule has 4 aromatic rings. The number of H-pyrrole nitrogens is 1. The minimum Gasteiger partial charge on any atom is -0.360 e. The molecule has 7 nitrogen and oxygen atoms in total. The number of hydrogen-bond donors (Lipinski definition) is 2.